The fourth-order valence-corrected chi connectivity index (χ4v) is 2.15. The van der Waals surface area contributed by atoms with E-state index in [0.717, 1.165) is 12.6 Å². The molecule has 1 aromatic carbocycles. The molecular formula is C14H21F3N2. The zero-order valence-corrected chi connectivity index (χ0v) is 11.9. The minimum atomic E-state index is -1.16. The van der Waals surface area contributed by atoms with Crippen LogP contribution < -0.4 is 5.32 Å². The first-order valence-electron chi connectivity index (χ1n) is 6.20. The van der Waals surface area contributed by atoms with Crippen LogP contribution >= 0.6 is 0 Å². The van der Waals surface area contributed by atoms with Crippen LogP contribution in [0.3, 0.4) is 0 Å². The van der Waals surface area contributed by atoms with Gasteiger partial charge in [0.1, 0.15) is 5.82 Å². The van der Waals surface area contributed by atoms with Crippen LogP contribution in [-0.2, 0) is 6.54 Å². The molecule has 0 aliphatic rings. The van der Waals surface area contributed by atoms with Crippen LogP contribution in [0.1, 0.15) is 19.4 Å². The Morgan fingerprint density at radius 3 is 2.21 bits per heavy atom. The van der Waals surface area contributed by atoms with E-state index in [1.165, 1.54) is 0 Å². The Morgan fingerprint density at radius 1 is 1.05 bits per heavy atom. The van der Waals surface area contributed by atoms with Gasteiger partial charge in [0.25, 0.3) is 0 Å². The van der Waals surface area contributed by atoms with Gasteiger partial charge in [0.15, 0.2) is 11.6 Å². The van der Waals surface area contributed by atoms with Crippen molar-refractivity contribution in [1.82, 2.24) is 10.2 Å². The summed E-state index contributed by atoms with van der Waals surface area (Å²) in [5.74, 6) is -2.91. The van der Waals surface area contributed by atoms with Gasteiger partial charge in [0.05, 0.1) is 0 Å². The third-order valence-corrected chi connectivity index (χ3v) is 2.75. The smallest absolute Gasteiger partial charge is 0.161 e. The summed E-state index contributed by atoms with van der Waals surface area (Å²) < 4.78 is 39.2. The van der Waals surface area contributed by atoms with Gasteiger partial charge in [-0.25, -0.2) is 13.2 Å². The molecule has 0 radical (unpaired) electrons. The molecule has 0 aliphatic heterocycles. The Balaban J connectivity index is 2.56. The van der Waals surface area contributed by atoms with E-state index < -0.39 is 17.5 Å². The molecule has 0 aromatic heterocycles. The minimum absolute atomic E-state index is 0.0125. The van der Waals surface area contributed by atoms with Crippen LogP contribution in [0.15, 0.2) is 12.1 Å². The summed E-state index contributed by atoms with van der Waals surface area (Å²) in [6, 6.07) is 1.48. The molecule has 0 aliphatic carbocycles. The minimum Gasteiger partial charge on any atom is -0.312 e. The number of nitrogens with one attached hydrogen (secondary N) is 1. The van der Waals surface area contributed by atoms with Crippen LogP contribution in [0.2, 0.25) is 0 Å². The van der Waals surface area contributed by atoms with Crippen molar-refractivity contribution in [2.24, 2.45) is 5.41 Å². The molecule has 108 valence electrons. The number of hydrogen-bond acceptors (Lipinski definition) is 2. The average Bonchev–Trinajstić information content (AvgIpc) is 2.23. The molecule has 0 heterocycles. The van der Waals surface area contributed by atoms with Crippen LogP contribution in [0.5, 0.6) is 0 Å². The average molecular weight is 274 g/mol. The molecular weight excluding hydrogens is 253 g/mol. The predicted octanol–water partition coefficient (Wildman–Crippen LogP) is 2.78. The molecule has 0 amide bonds. The second-order valence-electron chi connectivity index (χ2n) is 5.86. The van der Waals surface area contributed by atoms with Crippen molar-refractivity contribution in [3.05, 3.63) is 35.1 Å². The van der Waals surface area contributed by atoms with Gasteiger partial charge in [0, 0.05) is 31.3 Å². The highest BCUT2D eigenvalue weighted by atomic mass is 19.2. The third kappa shape index (κ3) is 5.20. The molecule has 1 N–H and O–H groups in total. The topological polar surface area (TPSA) is 15.3 Å². The lowest BCUT2D eigenvalue weighted by Crippen LogP contribution is -2.37. The number of halogens is 3. The SMILES string of the molecule is CN(C)CC(C)(C)CNCc1cc(F)c(F)cc1F. The monoisotopic (exact) mass is 274 g/mol. The standard InChI is InChI=1S/C14H21F3N2/c1-14(2,9-19(3)4)8-18-7-10-5-12(16)13(17)6-11(10)15/h5-6,18H,7-9H2,1-4H3. The van der Waals surface area contributed by atoms with Gasteiger partial charge in [-0.15, -0.1) is 0 Å². The molecule has 0 unspecified atom stereocenters. The number of hydrogen-bond donors (Lipinski definition) is 1. The summed E-state index contributed by atoms with van der Waals surface area (Å²) in [6.45, 7) is 5.88. The van der Waals surface area contributed by atoms with Crippen LogP contribution in [0.4, 0.5) is 13.2 Å². The van der Waals surface area contributed by atoms with Crippen LogP contribution in [0, 0.1) is 22.9 Å². The van der Waals surface area contributed by atoms with Crippen molar-refractivity contribution in [2.45, 2.75) is 20.4 Å². The highest BCUT2D eigenvalue weighted by Crippen LogP contribution is 2.16. The van der Waals surface area contributed by atoms with Crippen LogP contribution in [0.25, 0.3) is 0 Å². The summed E-state index contributed by atoms with van der Waals surface area (Å²) in [7, 11) is 3.97. The second kappa shape index (κ2) is 6.39. The molecule has 0 fully saturated rings. The summed E-state index contributed by atoms with van der Waals surface area (Å²) in [5, 5.41) is 3.08. The molecule has 2 nitrogen and oxygen atoms in total. The molecule has 0 saturated carbocycles. The summed E-state index contributed by atoms with van der Waals surface area (Å²) in [5.41, 5.74) is 0.151. The van der Waals surface area contributed by atoms with Gasteiger partial charge in [-0.05, 0) is 25.6 Å². The highest BCUT2D eigenvalue weighted by molar-refractivity contribution is 5.19. The maximum atomic E-state index is 13.4. The zero-order valence-electron chi connectivity index (χ0n) is 11.9. The fourth-order valence-electron chi connectivity index (χ4n) is 2.15. The van der Waals surface area contributed by atoms with Gasteiger partial charge in [-0.3, -0.25) is 0 Å². The van der Waals surface area contributed by atoms with Crippen molar-refractivity contribution < 1.29 is 13.2 Å². The molecule has 0 bridgehead atoms. The predicted molar refractivity (Wildman–Crippen MR) is 70.4 cm³/mol. The first-order valence-corrected chi connectivity index (χ1v) is 6.20. The Hall–Kier alpha value is -1.07. The summed E-state index contributed by atoms with van der Waals surface area (Å²) in [4.78, 5) is 2.07. The lowest BCUT2D eigenvalue weighted by molar-refractivity contribution is 0.232. The molecule has 1 rings (SSSR count). The number of rotatable bonds is 6. The normalized spacial score (nSPS) is 12.2. The molecule has 19 heavy (non-hydrogen) atoms. The van der Waals surface area contributed by atoms with Gasteiger partial charge in [-0.2, -0.15) is 0 Å². The van der Waals surface area contributed by atoms with Gasteiger partial charge in [-0.1, -0.05) is 13.8 Å². The van der Waals surface area contributed by atoms with Gasteiger partial charge >= 0.3 is 0 Å². The van der Waals surface area contributed by atoms with E-state index in [9.17, 15) is 13.2 Å². The van der Waals surface area contributed by atoms with E-state index in [-0.39, 0.29) is 17.5 Å². The molecule has 0 saturated heterocycles. The maximum absolute atomic E-state index is 13.4. The molecule has 0 spiro atoms. The van der Waals surface area contributed by atoms with E-state index in [1.807, 2.05) is 14.1 Å². The largest absolute Gasteiger partial charge is 0.312 e. The lowest BCUT2D eigenvalue weighted by atomic mass is 9.93. The number of nitrogens with zero attached hydrogens (tertiary/aromatic N) is 1. The number of benzene rings is 1. The molecule has 1 aromatic rings. The van der Waals surface area contributed by atoms with Crippen molar-refractivity contribution in [3.8, 4) is 0 Å². The molecule has 0 atom stereocenters. The zero-order chi connectivity index (χ0) is 14.6. The fraction of sp³-hybridized carbons (Fsp3) is 0.571. The second-order valence-corrected chi connectivity index (χ2v) is 5.86. The first-order chi connectivity index (χ1) is 8.71. The molecule has 5 heteroatoms. The van der Waals surface area contributed by atoms with Crippen molar-refractivity contribution in [2.75, 3.05) is 27.2 Å². The van der Waals surface area contributed by atoms with Crippen molar-refractivity contribution in [1.29, 1.82) is 0 Å². The van der Waals surface area contributed by atoms with E-state index in [1.54, 1.807) is 0 Å². The Morgan fingerprint density at radius 2 is 1.63 bits per heavy atom. The van der Waals surface area contributed by atoms with Gasteiger partial charge < -0.3 is 10.2 Å². The third-order valence-electron chi connectivity index (χ3n) is 2.75. The Kier molecular flexibility index (Phi) is 5.38. The summed E-state index contributed by atoms with van der Waals surface area (Å²) >= 11 is 0. The van der Waals surface area contributed by atoms with Crippen molar-refractivity contribution in [3.63, 3.8) is 0 Å². The highest BCUT2D eigenvalue weighted by Gasteiger charge is 2.18. The quantitative estimate of drug-likeness (QED) is 0.802. The Bertz CT molecular complexity index is 431. The maximum Gasteiger partial charge on any atom is 0.161 e. The van der Waals surface area contributed by atoms with E-state index in [4.69, 9.17) is 0 Å². The lowest BCUT2D eigenvalue weighted by Gasteiger charge is -2.28. The first kappa shape index (κ1) is 16.0. The van der Waals surface area contributed by atoms with Gasteiger partial charge in [0.2, 0.25) is 0 Å². The van der Waals surface area contributed by atoms with E-state index in [0.29, 0.717) is 12.6 Å². The Labute approximate surface area is 112 Å². The van der Waals surface area contributed by atoms with E-state index >= 15 is 0 Å². The van der Waals surface area contributed by atoms with Crippen LogP contribution in [-0.4, -0.2) is 32.1 Å². The summed E-state index contributed by atoms with van der Waals surface area (Å²) in [6.07, 6.45) is 0. The van der Waals surface area contributed by atoms with E-state index in [2.05, 4.69) is 24.1 Å². The van der Waals surface area contributed by atoms with Crippen molar-refractivity contribution >= 4 is 0 Å².